The van der Waals surface area contributed by atoms with Crippen molar-refractivity contribution in [3.05, 3.63) is 39.6 Å². The molecule has 4 heterocycles. The van der Waals surface area contributed by atoms with Crippen molar-refractivity contribution in [2.45, 2.75) is 38.8 Å². The molecule has 9 nitrogen and oxygen atoms in total. The number of hydrogen-bond acceptors (Lipinski definition) is 7. The van der Waals surface area contributed by atoms with Gasteiger partial charge in [-0.25, -0.2) is 18.7 Å². The van der Waals surface area contributed by atoms with Crippen LogP contribution in [0.5, 0.6) is 0 Å². The highest BCUT2D eigenvalue weighted by Crippen LogP contribution is 2.33. The third kappa shape index (κ3) is 3.28. The number of pyridine rings is 1. The summed E-state index contributed by atoms with van der Waals surface area (Å²) in [6.07, 6.45) is -0.141. The van der Waals surface area contributed by atoms with Crippen molar-refractivity contribution in [3.8, 4) is 0 Å². The standard InChI is InChI=1S/C19H23F2N7O2/c1-10-6-12(25-16-11(2)15(22)23-9-24-16)18(30)28-14(10)17(29)26-19(28)4-3-5-27(8-19)7-13(20)21/h6,9,13H,3-5,7-8H2,1-2H3,(H,26,29)(H3,22,23,24,25). The largest absolute Gasteiger partial charge is 0.383 e. The van der Waals surface area contributed by atoms with Gasteiger partial charge >= 0.3 is 0 Å². The van der Waals surface area contributed by atoms with Gasteiger partial charge in [-0.1, -0.05) is 0 Å². The third-order valence-electron chi connectivity index (χ3n) is 5.70. The Bertz CT molecular complexity index is 1070. The number of alkyl halides is 2. The summed E-state index contributed by atoms with van der Waals surface area (Å²) in [5, 5.41) is 5.89. The van der Waals surface area contributed by atoms with Crippen LogP contribution in [0.2, 0.25) is 0 Å². The molecule has 0 bridgehead atoms. The van der Waals surface area contributed by atoms with Crippen LogP contribution in [0.25, 0.3) is 0 Å². The molecule has 2 aromatic heterocycles. The van der Waals surface area contributed by atoms with Crippen LogP contribution in [0.1, 0.15) is 34.5 Å². The zero-order valence-corrected chi connectivity index (χ0v) is 16.7. The first-order valence-electron chi connectivity index (χ1n) is 9.66. The molecular weight excluding hydrogens is 396 g/mol. The van der Waals surface area contributed by atoms with Crippen molar-refractivity contribution < 1.29 is 13.6 Å². The molecule has 1 saturated heterocycles. The van der Waals surface area contributed by atoms with Crippen LogP contribution in [0.3, 0.4) is 0 Å². The van der Waals surface area contributed by atoms with Gasteiger partial charge in [0.25, 0.3) is 17.9 Å². The molecule has 1 unspecified atom stereocenters. The van der Waals surface area contributed by atoms with Crippen molar-refractivity contribution in [2.24, 2.45) is 0 Å². The lowest BCUT2D eigenvalue weighted by atomic mass is 9.98. The van der Waals surface area contributed by atoms with Gasteiger partial charge in [-0.15, -0.1) is 0 Å². The van der Waals surface area contributed by atoms with E-state index in [1.54, 1.807) is 24.8 Å². The summed E-state index contributed by atoms with van der Waals surface area (Å²) in [7, 11) is 0. The number of likely N-dealkylation sites (tertiary alicyclic amines) is 1. The van der Waals surface area contributed by atoms with Gasteiger partial charge in [-0.2, -0.15) is 0 Å². The van der Waals surface area contributed by atoms with E-state index < -0.39 is 24.2 Å². The highest BCUT2D eigenvalue weighted by atomic mass is 19.3. The number of nitrogens with zero attached hydrogens (tertiary/aromatic N) is 4. The molecule has 2 aliphatic heterocycles. The van der Waals surface area contributed by atoms with Gasteiger partial charge in [0.2, 0.25) is 0 Å². The number of hydrogen-bond donors (Lipinski definition) is 3. The van der Waals surface area contributed by atoms with E-state index in [9.17, 15) is 18.4 Å². The normalized spacial score (nSPS) is 21.2. The molecule has 2 aliphatic rings. The third-order valence-corrected chi connectivity index (χ3v) is 5.70. The van der Waals surface area contributed by atoms with Gasteiger partial charge < -0.3 is 16.4 Å². The van der Waals surface area contributed by atoms with Crippen LogP contribution in [0, 0.1) is 13.8 Å². The average Bonchev–Trinajstić information content (AvgIpc) is 2.94. The number of anilines is 3. The molecule has 30 heavy (non-hydrogen) atoms. The Morgan fingerprint density at radius 3 is 2.83 bits per heavy atom. The van der Waals surface area contributed by atoms with Gasteiger partial charge in [-0.05, 0) is 44.9 Å². The van der Waals surface area contributed by atoms with E-state index in [2.05, 4.69) is 20.6 Å². The number of nitrogens with one attached hydrogen (secondary N) is 2. The fourth-order valence-electron chi connectivity index (χ4n) is 4.33. The summed E-state index contributed by atoms with van der Waals surface area (Å²) >= 11 is 0. The molecule has 0 aromatic carbocycles. The SMILES string of the molecule is Cc1cc(Nc2ncnc(N)c2C)c(=O)n2c1C(=O)NC21CCCN(CC(F)F)C1. The fourth-order valence-corrected chi connectivity index (χ4v) is 4.33. The summed E-state index contributed by atoms with van der Waals surface area (Å²) in [6.45, 7) is 3.68. The number of aromatic nitrogens is 3. The van der Waals surface area contributed by atoms with Crippen molar-refractivity contribution in [1.82, 2.24) is 24.8 Å². The number of carbonyl (C=O) groups excluding carboxylic acids is 1. The summed E-state index contributed by atoms with van der Waals surface area (Å²) in [5.74, 6) is 0.292. The molecule has 2 aromatic rings. The zero-order valence-electron chi connectivity index (χ0n) is 16.7. The fraction of sp³-hybridized carbons (Fsp3) is 0.474. The molecule has 0 saturated carbocycles. The summed E-state index contributed by atoms with van der Waals surface area (Å²) in [5.41, 5.74) is 6.00. The second-order valence-electron chi connectivity index (χ2n) is 7.80. The molecule has 4 N–H and O–H groups in total. The number of halogens is 2. The smallest absolute Gasteiger partial charge is 0.276 e. The Morgan fingerprint density at radius 2 is 2.10 bits per heavy atom. The minimum absolute atomic E-state index is 0.137. The molecule has 0 radical (unpaired) electrons. The van der Waals surface area contributed by atoms with E-state index in [4.69, 9.17) is 5.73 Å². The lowest BCUT2D eigenvalue weighted by Crippen LogP contribution is -2.58. The van der Waals surface area contributed by atoms with Crippen LogP contribution < -0.4 is 21.9 Å². The van der Waals surface area contributed by atoms with E-state index in [0.29, 0.717) is 36.3 Å². The first-order chi connectivity index (χ1) is 14.2. The van der Waals surface area contributed by atoms with Crippen LogP contribution >= 0.6 is 0 Å². The van der Waals surface area contributed by atoms with E-state index in [0.717, 1.165) is 0 Å². The van der Waals surface area contributed by atoms with Crippen LogP contribution in [-0.2, 0) is 5.66 Å². The number of amides is 1. The molecule has 160 valence electrons. The van der Waals surface area contributed by atoms with Crippen LogP contribution in [-0.4, -0.2) is 51.4 Å². The average molecular weight is 419 g/mol. The number of aryl methyl sites for hydroxylation is 1. The van der Waals surface area contributed by atoms with Crippen molar-refractivity contribution in [3.63, 3.8) is 0 Å². The Labute approximate surface area is 171 Å². The van der Waals surface area contributed by atoms with Crippen molar-refractivity contribution >= 4 is 23.2 Å². The summed E-state index contributed by atoms with van der Waals surface area (Å²) < 4.78 is 27.3. The maximum atomic E-state index is 13.4. The van der Waals surface area contributed by atoms with Gasteiger partial charge in [0.05, 0.1) is 6.54 Å². The van der Waals surface area contributed by atoms with Gasteiger partial charge in [0.1, 0.15) is 35.0 Å². The quantitative estimate of drug-likeness (QED) is 0.684. The number of piperidine rings is 1. The second-order valence-corrected chi connectivity index (χ2v) is 7.80. The number of nitrogen functional groups attached to an aromatic ring is 1. The Morgan fingerprint density at radius 1 is 1.33 bits per heavy atom. The minimum atomic E-state index is -2.49. The molecule has 4 rings (SSSR count). The van der Waals surface area contributed by atoms with Crippen LogP contribution in [0.4, 0.5) is 26.1 Å². The van der Waals surface area contributed by atoms with Crippen molar-refractivity contribution in [1.29, 1.82) is 0 Å². The predicted octanol–water partition coefficient (Wildman–Crippen LogP) is 1.34. The Balaban J connectivity index is 1.79. The number of rotatable bonds is 4. The number of nitrogens with two attached hydrogens (primary N) is 1. The Kier molecular flexibility index (Phi) is 4.92. The van der Waals surface area contributed by atoms with Crippen molar-refractivity contribution in [2.75, 3.05) is 30.7 Å². The maximum Gasteiger partial charge on any atom is 0.276 e. The topological polar surface area (TPSA) is 118 Å². The molecule has 11 heteroatoms. The van der Waals surface area contributed by atoms with E-state index >= 15 is 0 Å². The number of fused-ring (bicyclic) bond motifs is 2. The highest BCUT2D eigenvalue weighted by molar-refractivity contribution is 5.97. The van der Waals surface area contributed by atoms with Gasteiger partial charge in [0.15, 0.2) is 0 Å². The highest BCUT2D eigenvalue weighted by Gasteiger charge is 2.47. The summed E-state index contributed by atoms with van der Waals surface area (Å²) in [4.78, 5) is 35.8. The van der Waals surface area contributed by atoms with Gasteiger partial charge in [0, 0.05) is 12.1 Å². The minimum Gasteiger partial charge on any atom is -0.383 e. The molecule has 1 amide bonds. The second kappa shape index (κ2) is 7.31. The first kappa shape index (κ1) is 20.2. The van der Waals surface area contributed by atoms with E-state index in [1.807, 2.05) is 0 Å². The molecule has 1 atom stereocenters. The molecule has 1 fully saturated rings. The molecular formula is C19H23F2N7O2. The zero-order chi connectivity index (χ0) is 21.6. The first-order valence-corrected chi connectivity index (χ1v) is 9.66. The maximum absolute atomic E-state index is 13.4. The molecule has 0 aliphatic carbocycles. The van der Waals surface area contributed by atoms with Crippen LogP contribution in [0.15, 0.2) is 17.2 Å². The summed E-state index contributed by atoms with van der Waals surface area (Å²) in [6, 6.07) is 1.59. The monoisotopic (exact) mass is 419 g/mol. The predicted molar refractivity (Wildman–Crippen MR) is 107 cm³/mol. The van der Waals surface area contributed by atoms with E-state index in [1.165, 1.54) is 10.9 Å². The lowest BCUT2D eigenvalue weighted by molar-refractivity contribution is 0.0282. The number of carbonyl (C=O) groups is 1. The van der Waals surface area contributed by atoms with E-state index in [-0.39, 0.29) is 29.7 Å². The lowest BCUT2D eigenvalue weighted by Gasteiger charge is -2.41. The Hall–Kier alpha value is -3.08. The van der Waals surface area contributed by atoms with Gasteiger partial charge in [-0.3, -0.25) is 19.1 Å². The molecule has 1 spiro atoms.